The summed E-state index contributed by atoms with van der Waals surface area (Å²) in [4.78, 5) is 40.3. The van der Waals surface area contributed by atoms with Crippen LogP contribution in [0, 0.1) is 12.7 Å². The summed E-state index contributed by atoms with van der Waals surface area (Å²) in [7, 11) is 0. The van der Waals surface area contributed by atoms with Crippen LogP contribution in [0.4, 0.5) is 4.39 Å². The van der Waals surface area contributed by atoms with Crippen molar-refractivity contribution in [3.8, 4) is 0 Å². The Morgan fingerprint density at radius 3 is 2.69 bits per heavy atom. The summed E-state index contributed by atoms with van der Waals surface area (Å²) in [6.07, 6.45) is 2.15. The van der Waals surface area contributed by atoms with Gasteiger partial charge in [0, 0.05) is 36.8 Å². The van der Waals surface area contributed by atoms with Gasteiger partial charge in [0.2, 0.25) is 0 Å². The maximum atomic E-state index is 14.6. The molecule has 0 spiro atoms. The number of carbonyl (C=O) groups excluding carboxylic acids is 2. The van der Waals surface area contributed by atoms with Gasteiger partial charge in [-0.2, -0.15) is 5.10 Å². The molecule has 1 N–H and O–H groups in total. The summed E-state index contributed by atoms with van der Waals surface area (Å²) >= 11 is 0. The first-order chi connectivity index (χ1) is 17.4. The van der Waals surface area contributed by atoms with Crippen molar-refractivity contribution >= 4 is 23.2 Å². The van der Waals surface area contributed by atoms with Gasteiger partial charge in [-0.3, -0.25) is 14.4 Å². The summed E-state index contributed by atoms with van der Waals surface area (Å²) in [5, 5.41) is 7.97. The molecule has 0 unspecified atom stereocenters. The minimum atomic E-state index is -0.557. The van der Waals surface area contributed by atoms with E-state index in [9.17, 15) is 18.8 Å². The number of halogens is 1. The highest BCUT2D eigenvalue weighted by molar-refractivity contribution is 5.94. The summed E-state index contributed by atoms with van der Waals surface area (Å²) < 4.78 is 20.8. The van der Waals surface area contributed by atoms with Crippen LogP contribution in [-0.2, 0) is 29.0 Å². The lowest BCUT2D eigenvalue weighted by atomic mass is 10.0. The van der Waals surface area contributed by atoms with E-state index in [2.05, 4.69) is 24.5 Å². The molecule has 36 heavy (non-hydrogen) atoms. The van der Waals surface area contributed by atoms with Gasteiger partial charge in [0.1, 0.15) is 11.6 Å². The van der Waals surface area contributed by atoms with E-state index in [1.807, 2.05) is 19.1 Å². The van der Waals surface area contributed by atoms with E-state index < -0.39 is 5.82 Å². The van der Waals surface area contributed by atoms with Crippen LogP contribution in [0.25, 0.3) is 10.8 Å². The van der Waals surface area contributed by atoms with Crippen LogP contribution in [0.15, 0.2) is 53.5 Å². The standard InChI is InChI=1S/C23H20FN5O2.C3H6O2/c1-14-12-25-21-13-28(8-9-29(14)21)23(31)18-10-15(6-7-19(18)24)11-20-16-4-2-3-5-17(16)22(30)27-26-20;1-2-5-3-4/h2-7,10,12H,8-9,11,13H2,1H3,(H,27,30);3H,2H2,1H3. The third-order valence-corrected chi connectivity index (χ3v) is 5.99. The molecule has 1 aliphatic heterocycles. The Balaban J connectivity index is 0.000000556. The predicted molar refractivity (Wildman–Crippen MR) is 131 cm³/mol. The van der Waals surface area contributed by atoms with E-state index >= 15 is 0 Å². The van der Waals surface area contributed by atoms with E-state index in [0.29, 0.717) is 50.2 Å². The first kappa shape index (κ1) is 24.8. The Hall–Kier alpha value is -4.34. The van der Waals surface area contributed by atoms with E-state index in [4.69, 9.17) is 0 Å². The fourth-order valence-corrected chi connectivity index (χ4v) is 4.17. The van der Waals surface area contributed by atoms with Crippen LogP contribution < -0.4 is 5.56 Å². The number of hydrogen-bond acceptors (Lipinski definition) is 6. The van der Waals surface area contributed by atoms with Crippen molar-refractivity contribution < 1.29 is 18.7 Å². The number of nitrogens with one attached hydrogen (secondary N) is 1. The smallest absolute Gasteiger partial charge is 0.293 e. The highest BCUT2D eigenvalue weighted by Gasteiger charge is 2.25. The van der Waals surface area contributed by atoms with Gasteiger partial charge in [-0.05, 0) is 37.6 Å². The topological polar surface area (TPSA) is 110 Å². The average Bonchev–Trinajstić information content (AvgIpc) is 3.27. The molecular weight excluding hydrogens is 465 g/mol. The lowest BCUT2D eigenvalue weighted by molar-refractivity contribution is -0.128. The summed E-state index contributed by atoms with van der Waals surface area (Å²) in [5.74, 6) is -0.110. The zero-order valence-corrected chi connectivity index (χ0v) is 20.0. The second-order valence-corrected chi connectivity index (χ2v) is 8.28. The molecule has 1 aliphatic rings. The molecule has 0 atom stereocenters. The third kappa shape index (κ3) is 5.17. The number of aromatic amines is 1. The minimum Gasteiger partial charge on any atom is -0.468 e. The number of H-pyrrole nitrogens is 1. The van der Waals surface area contributed by atoms with Gasteiger partial charge < -0.3 is 14.2 Å². The summed E-state index contributed by atoms with van der Waals surface area (Å²) in [6, 6.07) is 11.7. The van der Waals surface area contributed by atoms with E-state index in [1.54, 1.807) is 42.3 Å². The minimum absolute atomic E-state index is 0.0305. The molecule has 0 bridgehead atoms. The van der Waals surface area contributed by atoms with E-state index in [0.717, 1.165) is 22.5 Å². The Morgan fingerprint density at radius 2 is 1.97 bits per heavy atom. The SMILES string of the molecule is CCOC=O.Cc1cnc2n1CCN(C(=O)c1cc(Cc3n[nH]c(=O)c4ccccc34)ccc1F)C2. The number of hydrogen-bond donors (Lipinski definition) is 1. The first-order valence-electron chi connectivity index (χ1n) is 11.5. The Kier molecular flexibility index (Phi) is 7.53. The molecular formula is C26H26FN5O4. The summed E-state index contributed by atoms with van der Waals surface area (Å²) in [5.41, 5.74) is 2.23. The van der Waals surface area contributed by atoms with Gasteiger partial charge >= 0.3 is 0 Å². The van der Waals surface area contributed by atoms with Crippen LogP contribution >= 0.6 is 0 Å². The van der Waals surface area contributed by atoms with Crippen molar-refractivity contribution in [3.05, 3.63) is 93.2 Å². The first-order valence-corrected chi connectivity index (χ1v) is 11.5. The second-order valence-electron chi connectivity index (χ2n) is 8.28. The van der Waals surface area contributed by atoms with Gasteiger partial charge in [0.05, 0.1) is 29.8 Å². The normalized spacial score (nSPS) is 12.5. The molecule has 9 nitrogen and oxygen atoms in total. The third-order valence-electron chi connectivity index (χ3n) is 5.99. The molecule has 186 valence electrons. The van der Waals surface area contributed by atoms with Crippen LogP contribution in [-0.4, -0.2) is 50.2 Å². The Labute approximate surface area is 206 Å². The molecule has 0 radical (unpaired) electrons. The van der Waals surface area contributed by atoms with Crippen molar-refractivity contribution in [1.82, 2.24) is 24.6 Å². The highest BCUT2D eigenvalue weighted by Crippen LogP contribution is 2.21. The molecule has 10 heteroatoms. The maximum absolute atomic E-state index is 14.6. The number of rotatable bonds is 5. The number of nitrogens with zero attached hydrogens (tertiary/aromatic N) is 4. The number of carbonyl (C=O) groups is 2. The van der Waals surface area contributed by atoms with Crippen molar-refractivity contribution in [3.63, 3.8) is 0 Å². The van der Waals surface area contributed by atoms with Gasteiger partial charge in [-0.15, -0.1) is 0 Å². The maximum Gasteiger partial charge on any atom is 0.293 e. The average molecular weight is 492 g/mol. The second kappa shape index (κ2) is 10.9. The van der Waals surface area contributed by atoms with Crippen molar-refractivity contribution in [1.29, 1.82) is 0 Å². The number of aryl methyl sites for hydroxylation is 1. The molecule has 1 amide bonds. The molecule has 0 saturated heterocycles. The molecule has 0 aliphatic carbocycles. The number of amides is 1. The molecule has 4 aromatic rings. The molecule has 2 aromatic heterocycles. The fourth-order valence-electron chi connectivity index (χ4n) is 4.17. The van der Waals surface area contributed by atoms with Crippen LogP contribution in [0.5, 0.6) is 0 Å². The fraction of sp³-hybridized carbons (Fsp3) is 0.269. The summed E-state index contributed by atoms with van der Waals surface area (Å²) in [6.45, 7) is 6.13. The van der Waals surface area contributed by atoms with Crippen LogP contribution in [0.2, 0.25) is 0 Å². The van der Waals surface area contributed by atoms with Crippen LogP contribution in [0.3, 0.4) is 0 Å². The number of benzene rings is 2. The monoisotopic (exact) mass is 491 g/mol. The quantitative estimate of drug-likeness (QED) is 0.430. The van der Waals surface area contributed by atoms with E-state index in [1.165, 1.54) is 6.07 Å². The number of aromatic nitrogens is 4. The van der Waals surface area contributed by atoms with Gasteiger partial charge in [0.25, 0.3) is 17.9 Å². The van der Waals surface area contributed by atoms with Crippen molar-refractivity contribution in [2.75, 3.05) is 13.2 Å². The molecule has 5 rings (SSSR count). The largest absolute Gasteiger partial charge is 0.468 e. The molecule has 0 saturated carbocycles. The molecule has 2 aromatic carbocycles. The molecule has 3 heterocycles. The Morgan fingerprint density at radius 1 is 1.19 bits per heavy atom. The zero-order valence-electron chi connectivity index (χ0n) is 20.0. The molecule has 0 fully saturated rings. The van der Waals surface area contributed by atoms with Crippen molar-refractivity contribution in [2.24, 2.45) is 0 Å². The highest BCUT2D eigenvalue weighted by atomic mass is 19.1. The van der Waals surface area contributed by atoms with Gasteiger partial charge in [-0.25, -0.2) is 14.5 Å². The number of fused-ring (bicyclic) bond motifs is 2. The van der Waals surface area contributed by atoms with Crippen LogP contribution in [0.1, 0.15) is 40.1 Å². The van der Waals surface area contributed by atoms with E-state index in [-0.39, 0.29) is 17.0 Å². The zero-order chi connectivity index (χ0) is 25.7. The lowest BCUT2D eigenvalue weighted by Gasteiger charge is -2.28. The predicted octanol–water partition coefficient (Wildman–Crippen LogP) is 2.99. The lowest BCUT2D eigenvalue weighted by Crippen LogP contribution is -2.39. The number of ether oxygens (including phenoxy) is 1. The Bertz CT molecular complexity index is 1460. The van der Waals surface area contributed by atoms with Gasteiger partial charge in [-0.1, -0.05) is 24.3 Å². The number of imidazole rings is 1. The van der Waals surface area contributed by atoms with Gasteiger partial charge in [0.15, 0.2) is 0 Å². The van der Waals surface area contributed by atoms with Crippen molar-refractivity contribution in [2.45, 2.75) is 33.4 Å².